The van der Waals surface area contributed by atoms with Gasteiger partial charge >= 0.3 is 11.9 Å². The largest absolute Gasteiger partial charge is 0.469 e. The topological polar surface area (TPSA) is 72.8 Å². The van der Waals surface area contributed by atoms with E-state index in [1.165, 1.54) is 46.3 Å². The second kappa shape index (κ2) is 12.0. The third kappa shape index (κ3) is 6.96. The van der Waals surface area contributed by atoms with Crippen LogP contribution in [0.1, 0.15) is 105 Å². The molecular formula is C28H50O5. The van der Waals surface area contributed by atoms with Crippen molar-refractivity contribution in [2.75, 3.05) is 14.2 Å². The Labute approximate surface area is 202 Å². The zero-order chi connectivity index (χ0) is 24.8. The predicted molar refractivity (Wildman–Crippen MR) is 132 cm³/mol. The lowest BCUT2D eigenvalue weighted by Gasteiger charge is -2.53. The van der Waals surface area contributed by atoms with Crippen LogP contribution in [-0.2, 0) is 19.1 Å². The molecule has 0 aliphatic heterocycles. The molecule has 0 radical (unpaired) electrons. The number of fused-ring (bicyclic) bond motifs is 1. The summed E-state index contributed by atoms with van der Waals surface area (Å²) in [5.41, 5.74) is -0.690. The first-order chi connectivity index (χ1) is 15.5. The Kier molecular flexibility index (Phi) is 10.3. The van der Waals surface area contributed by atoms with Crippen molar-refractivity contribution >= 4 is 11.9 Å². The number of hydrogen-bond donors (Lipinski definition) is 1. The summed E-state index contributed by atoms with van der Waals surface area (Å²) in [7, 11) is 2.84. The number of esters is 2. The molecule has 7 atom stereocenters. The Morgan fingerprint density at radius 3 is 2.27 bits per heavy atom. The number of rotatable bonds is 12. The molecule has 33 heavy (non-hydrogen) atoms. The fourth-order valence-electron chi connectivity index (χ4n) is 7.52. The summed E-state index contributed by atoms with van der Waals surface area (Å²) in [6, 6.07) is 0. The van der Waals surface area contributed by atoms with Crippen molar-refractivity contribution in [3.8, 4) is 0 Å². The van der Waals surface area contributed by atoms with Gasteiger partial charge in [0.2, 0.25) is 0 Å². The van der Waals surface area contributed by atoms with E-state index >= 15 is 0 Å². The first-order valence-electron chi connectivity index (χ1n) is 13.3. The van der Waals surface area contributed by atoms with Gasteiger partial charge in [-0.2, -0.15) is 0 Å². The standard InChI is InChI=1S/C28H50O5/c1-19(2)9-8-10-20(3)22-12-13-23-21(11-14-25(29)32-6)24(15-17-27(22,23)4)28(5,31)18-16-26(30)33-7/h19-24,31H,8-18H2,1-7H3/t20-,21+,22-,23+,24+,27-,28-/m1/s1. The van der Waals surface area contributed by atoms with Crippen molar-refractivity contribution in [3.63, 3.8) is 0 Å². The van der Waals surface area contributed by atoms with E-state index in [-0.39, 0.29) is 35.6 Å². The van der Waals surface area contributed by atoms with Gasteiger partial charge in [-0.25, -0.2) is 0 Å². The highest BCUT2D eigenvalue weighted by Gasteiger charge is 2.57. The Morgan fingerprint density at radius 1 is 1.03 bits per heavy atom. The summed E-state index contributed by atoms with van der Waals surface area (Å²) < 4.78 is 9.77. The van der Waals surface area contributed by atoms with Crippen LogP contribution in [0.2, 0.25) is 0 Å². The monoisotopic (exact) mass is 466 g/mol. The predicted octanol–water partition coefficient (Wildman–Crippen LogP) is 6.16. The van der Waals surface area contributed by atoms with Gasteiger partial charge in [-0.05, 0) is 86.4 Å². The SMILES string of the molecule is COC(=O)CC[C@H]1[C@@H]2CC[C@H]([C@H](C)CCCC(C)C)[C@@]2(C)CC[C@@H]1[C@](C)(O)CCC(=O)OC. The van der Waals surface area contributed by atoms with Crippen molar-refractivity contribution in [1.29, 1.82) is 0 Å². The van der Waals surface area contributed by atoms with Gasteiger partial charge < -0.3 is 14.6 Å². The van der Waals surface area contributed by atoms with E-state index in [1.54, 1.807) is 0 Å². The number of hydrogen-bond acceptors (Lipinski definition) is 5. The zero-order valence-corrected chi connectivity index (χ0v) is 22.3. The minimum absolute atomic E-state index is 0.0832. The molecule has 0 amide bonds. The molecule has 2 fully saturated rings. The summed E-state index contributed by atoms with van der Waals surface area (Å²) in [4.78, 5) is 23.8. The molecule has 2 aliphatic carbocycles. The fourth-order valence-corrected chi connectivity index (χ4v) is 7.52. The summed E-state index contributed by atoms with van der Waals surface area (Å²) in [5, 5.41) is 11.5. The molecule has 0 aromatic carbocycles. The van der Waals surface area contributed by atoms with Crippen molar-refractivity contribution in [2.24, 2.45) is 40.9 Å². The van der Waals surface area contributed by atoms with Gasteiger partial charge in [-0.1, -0.05) is 47.0 Å². The third-order valence-corrected chi connectivity index (χ3v) is 9.41. The van der Waals surface area contributed by atoms with E-state index in [1.807, 2.05) is 6.92 Å². The Bertz CT molecular complexity index is 642. The smallest absolute Gasteiger partial charge is 0.305 e. The molecule has 0 saturated heterocycles. The molecule has 0 unspecified atom stereocenters. The molecule has 5 heteroatoms. The van der Waals surface area contributed by atoms with E-state index in [0.29, 0.717) is 30.6 Å². The Balaban J connectivity index is 2.20. The van der Waals surface area contributed by atoms with Crippen LogP contribution in [-0.4, -0.2) is 36.9 Å². The quantitative estimate of drug-likeness (QED) is 0.348. The van der Waals surface area contributed by atoms with Crippen LogP contribution in [0.3, 0.4) is 0 Å². The van der Waals surface area contributed by atoms with Gasteiger partial charge in [-0.3, -0.25) is 9.59 Å². The normalized spacial score (nSPS) is 32.2. The summed E-state index contributed by atoms with van der Waals surface area (Å²) in [6.07, 6.45) is 10.1. The van der Waals surface area contributed by atoms with Crippen molar-refractivity contribution in [2.45, 2.75) is 111 Å². The van der Waals surface area contributed by atoms with Gasteiger partial charge in [0.05, 0.1) is 19.8 Å². The molecule has 1 N–H and O–H groups in total. The second-order valence-corrected chi connectivity index (χ2v) is 12.0. The molecule has 2 rings (SSSR count). The lowest BCUT2D eigenvalue weighted by atomic mass is 9.53. The van der Waals surface area contributed by atoms with E-state index < -0.39 is 5.60 Å². The molecule has 2 aliphatic rings. The van der Waals surface area contributed by atoms with Crippen LogP contribution in [0.4, 0.5) is 0 Å². The summed E-state index contributed by atoms with van der Waals surface area (Å²) >= 11 is 0. The van der Waals surface area contributed by atoms with Crippen LogP contribution >= 0.6 is 0 Å². The van der Waals surface area contributed by atoms with Crippen LogP contribution in [0.5, 0.6) is 0 Å². The highest BCUT2D eigenvalue weighted by molar-refractivity contribution is 5.69. The molecule has 192 valence electrons. The first-order valence-corrected chi connectivity index (χ1v) is 13.3. The average Bonchev–Trinajstić information content (AvgIpc) is 3.12. The molecule has 2 saturated carbocycles. The van der Waals surface area contributed by atoms with E-state index in [0.717, 1.165) is 25.2 Å². The average molecular weight is 467 g/mol. The van der Waals surface area contributed by atoms with Crippen LogP contribution in [0.15, 0.2) is 0 Å². The van der Waals surface area contributed by atoms with Gasteiger partial charge in [0.1, 0.15) is 0 Å². The van der Waals surface area contributed by atoms with Gasteiger partial charge in [-0.15, -0.1) is 0 Å². The second-order valence-electron chi connectivity index (χ2n) is 12.0. The number of carbonyl (C=O) groups is 2. The zero-order valence-electron chi connectivity index (χ0n) is 22.3. The third-order valence-electron chi connectivity index (χ3n) is 9.41. The fraction of sp³-hybridized carbons (Fsp3) is 0.929. The number of carbonyl (C=O) groups excluding carboxylic acids is 2. The lowest BCUT2D eigenvalue weighted by Crippen LogP contribution is -2.50. The number of methoxy groups -OCH3 is 2. The molecule has 0 aromatic rings. The van der Waals surface area contributed by atoms with Crippen molar-refractivity contribution < 1.29 is 24.2 Å². The Hall–Kier alpha value is -1.10. The van der Waals surface area contributed by atoms with Crippen LogP contribution < -0.4 is 0 Å². The maximum atomic E-state index is 12.0. The van der Waals surface area contributed by atoms with Crippen molar-refractivity contribution in [1.82, 2.24) is 0 Å². The molecule has 5 nitrogen and oxygen atoms in total. The highest BCUT2D eigenvalue weighted by Crippen LogP contribution is 2.63. The van der Waals surface area contributed by atoms with Crippen LogP contribution in [0.25, 0.3) is 0 Å². The van der Waals surface area contributed by atoms with Gasteiger partial charge in [0.15, 0.2) is 0 Å². The van der Waals surface area contributed by atoms with Gasteiger partial charge in [0.25, 0.3) is 0 Å². The Morgan fingerprint density at radius 2 is 1.67 bits per heavy atom. The maximum absolute atomic E-state index is 12.0. The molecular weight excluding hydrogens is 416 g/mol. The molecule has 0 spiro atoms. The van der Waals surface area contributed by atoms with E-state index in [2.05, 4.69) is 27.7 Å². The minimum Gasteiger partial charge on any atom is -0.469 e. The first kappa shape index (κ1) is 28.1. The van der Waals surface area contributed by atoms with E-state index in [4.69, 9.17) is 9.47 Å². The van der Waals surface area contributed by atoms with Crippen molar-refractivity contribution in [3.05, 3.63) is 0 Å². The van der Waals surface area contributed by atoms with Crippen LogP contribution in [0, 0.1) is 40.9 Å². The minimum atomic E-state index is -0.947. The lowest BCUT2D eigenvalue weighted by molar-refractivity contribution is -0.145. The molecule has 0 aromatic heterocycles. The van der Waals surface area contributed by atoms with E-state index in [9.17, 15) is 14.7 Å². The summed E-state index contributed by atoms with van der Waals surface area (Å²) in [5.74, 6) is 2.57. The summed E-state index contributed by atoms with van der Waals surface area (Å²) in [6.45, 7) is 11.4. The molecule has 0 heterocycles. The number of ether oxygens (including phenoxy) is 2. The van der Waals surface area contributed by atoms with Gasteiger partial charge in [0, 0.05) is 12.8 Å². The highest BCUT2D eigenvalue weighted by atomic mass is 16.5. The molecule has 0 bridgehead atoms. The maximum Gasteiger partial charge on any atom is 0.305 e. The number of aliphatic hydroxyl groups is 1.